The number of fused-ring (bicyclic) bond motifs is 1. The van der Waals surface area contributed by atoms with Crippen LogP contribution in [-0.2, 0) is 6.18 Å². The van der Waals surface area contributed by atoms with Gasteiger partial charge in [0.2, 0.25) is 0 Å². The van der Waals surface area contributed by atoms with E-state index >= 15 is 0 Å². The summed E-state index contributed by atoms with van der Waals surface area (Å²) in [7, 11) is 0. The van der Waals surface area contributed by atoms with Gasteiger partial charge in [0.1, 0.15) is 11.5 Å². The summed E-state index contributed by atoms with van der Waals surface area (Å²) in [5, 5.41) is 10.6. The lowest BCUT2D eigenvalue weighted by Crippen LogP contribution is -2.57. The summed E-state index contributed by atoms with van der Waals surface area (Å²) in [4.78, 5) is 10.5. The maximum Gasteiger partial charge on any atom is 0.418 e. The molecule has 0 saturated carbocycles. The lowest BCUT2D eigenvalue weighted by atomic mass is 10.0. The van der Waals surface area contributed by atoms with E-state index in [0.717, 1.165) is 12.6 Å². The number of rotatable bonds is 2. The summed E-state index contributed by atoms with van der Waals surface area (Å²) < 4.78 is 40.9. The number of piperazine rings is 1. The van der Waals surface area contributed by atoms with Gasteiger partial charge in [-0.15, -0.1) is 0 Å². The predicted octanol–water partition coefficient (Wildman–Crippen LogP) is 3.47. The second-order valence-electron chi connectivity index (χ2n) is 7.27. The summed E-state index contributed by atoms with van der Waals surface area (Å²) in [5.74, 6) is 0.513. The predicted molar refractivity (Wildman–Crippen MR) is 98.5 cm³/mol. The third-order valence-electron chi connectivity index (χ3n) is 4.65. The van der Waals surface area contributed by atoms with E-state index in [0.29, 0.717) is 29.9 Å². The topological polar surface area (TPSA) is 69.7 Å². The number of aromatic nitrogens is 4. The molecule has 27 heavy (non-hydrogen) atoms. The number of alkyl halides is 3. The highest BCUT2D eigenvalue weighted by Crippen LogP contribution is 2.38. The molecule has 1 aliphatic heterocycles. The number of pyridine rings is 2. The minimum Gasteiger partial charge on any atom is -0.353 e. The van der Waals surface area contributed by atoms with Crippen molar-refractivity contribution in [3.63, 3.8) is 0 Å². The highest BCUT2D eigenvalue weighted by atomic mass is 19.4. The number of hydrogen-bond donors (Lipinski definition) is 2. The minimum atomic E-state index is -4.52. The van der Waals surface area contributed by atoms with Gasteiger partial charge in [-0.3, -0.25) is 5.10 Å². The first-order valence-corrected chi connectivity index (χ1v) is 8.62. The van der Waals surface area contributed by atoms with Crippen LogP contribution in [0.2, 0.25) is 0 Å². The van der Waals surface area contributed by atoms with Crippen molar-refractivity contribution in [3.8, 4) is 11.4 Å². The first-order chi connectivity index (χ1) is 12.7. The number of halogens is 3. The molecule has 0 radical (unpaired) electrons. The molecule has 0 bridgehead atoms. The van der Waals surface area contributed by atoms with Gasteiger partial charge in [-0.2, -0.15) is 18.3 Å². The van der Waals surface area contributed by atoms with Crippen LogP contribution in [-0.4, -0.2) is 45.3 Å². The zero-order valence-corrected chi connectivity index (χ0v) is 14.9. The number of H-pyrrole nitrogens is 1. The smallest absolute Gasteiger partial charge is 0.353 e. The van der Waals surface area contributed by atoms with Gasteiger partial charge in [0.25, 0.3) is 0 Å². The van der Waals surface area contributed by atoms with Crippen molar-refractivity contribution in [2.45, 2.75) is 25.6 Å². The molecule has 4 heterocycles. The summed E-state index contributed by atoms with van der Waals surface area (Å²) in [6, 6.07) is 5.88. The zero-order valence-electron chi connectivity index (χ0n) is 14.9. The van der Waals surface area contributed by atoms with E-state index in [2.05, 4.69) is 39.3 Å². The van der Waals surface area contributed by atoms with E-state index in [4.69, 9.17) is 0 Å². The van der Waals surface area contributed by atoms with E-state index in [1.165, 1.54) is 6.07 Å². The molecule has 1 aliphatic rings. The Hall–Kier alpha value is -2.68. The molecular weight excluding hydrogens is 357 g/mol. The fraction of sp³-hybridized carbons (Fsp3) is 0.389. The van der Waals surface area contributed by atoms with Crippen LogP contribution in [0.5, 0.6) is 0 Å². The average Bonchev–Trinajstić information content (AvgIpc) is 3.03. The number of nitrogens with zero attached hydrogens (tertiary/aromatic N) is 4. The Morgan fingerprint density at radius 3 is 2.78 bits per heavy atom. The molecule has 0 amide bonds. The van der Waals surface area contributed by atoms with Crippen LogP contribution in [0.15, 0.2) is 30.5 Å². The third-order valence-corrected chi connectivity index (χ3v) is 4.65. The van der Waals surface area contributed by atoms with Gasteiger partial charge in [-0.05, 0) is 38.1 Å². The monoisotopic (exact) mass is 378 g/mol. The van der Waals surface area contributed by atoms with E-state index in [1.54, 1.807) is 18.3 Å². The third kappa shape index (κ3) is 3.34. The first-order valence-electron chi connectivity index (χ1n) is 8.62. The second kappa shape index (κ2) is 6.19. The molecule has 0 spiro atoms. The molecule has 0 atom stereocenters. The van der Waals surface area contributed by atoms with Crippen LogP contribution in [0.3, 0.4) is 0 Å². The summed E-state index contributed by atoms with van der Waals surface area (Å²) in [5.41, 5.74) is -0.521. The number of nitrogens with one attached hydrogen (secondary N) is 2. The van der Waals surface area contributed by atoms with Gasteiger partial charge in [0.05, 0.1) is 11.3 Å². The van der Waals surface area contributed by atoms with E-state index in [1.807, 2.05) is 4.90 Å². The molecule has 2 N–H and O–H groups in total. The normalized spacial score (nSPS) is 17.4. The van der Waals surface area contributed by atoms with E-state index in [9.17, 15) is 13.2 Å². The fourth-order valence-corrected chi connectivity index (χ4v) is 3.41. The van der Waals surface area contributed by atoms with E-state index < -0.39 is 11.7 Å². The van der Waals surface area contributed by atoms with E-state index in [-0.39, 0.29) is 18.4 Å². The van der Waals surface area contributed by atoms with Crippen LogP contribution < -0.4 is 10.2 Å². The summed E-state index contributed by atoms with van der Waals surface area (Å²) >= 11 is 0. The lowest BCUT2D eigenvalue weighted by Gasteiger charge is -2.40. The van der Waals surface area contributed by atoms with Crippen molar-refractivity contribution < 1.29 is 14.6 Å². The van der Waals surface area contributed by atoms with Gasteiger partial charge in [-0.25, -0.2) is 9.97 Å². The SMILES string of the molecule is CC1(C)CN(c2ccc(C(F)(F)F)c(-c3[nH]nc4ncccc34)n2)CCN1.[HH]. The largest absolute Gasteiger partial charge is 0.418 e. The highest BCUT2D eigenvalue weighted by Gasteiger charge is 2.36. The van der Waals surface area contributed by atoms with Gasteiger partial charge < -0.3 is 10.2 Å². The molecule has 3 aromatic rings. The Balaban J connectivity index is 0.00000225. The standard InChI is InChI=1S/C18H19F3N6.H2/c1-17(2)10-27(9-8-23-17)13-6-5-12(18(19,20)21)15(24-13)14-11-4-3-7-22-16(11)26-25-14;/h3-7,23H,8-10H2,1-2H3,(H,22,25,26);1H. The molecular formula is C18H21F3N6. The molecule has 0 aliphatic carbocycles. The first kappa shape index (κ1) is 17.7. The maximum absolute atomic E-state index is 13.6. The molecule has 1 saturated heterocycles. The molecule has 6 nitrogen and oxygen atoms in total. The second-order valence-corrected chi connectivity index (χ2v) is 7.27. The van der Waals surface area contributed by atoms with Crippen molar-refractivity contribution >= 4 is 16.9 Å². The highest BCUT2D eigenvalue weighted by molar-refractivity contribution is 5.90. The molecule has 3 aromatic heterocycles. The lowest BCUT2D eigenvalue weighted by molar-refractivity contribution is -0.137. The Labute approximate surface area is 155 Å². The summed E-state index contributed by atoms with van der Waals surface area (Å²) in [6.07, 6.45) is -2.98. The molecule has 4 rings (SSSR count). The summed E-state index contributed by atoms with van der Waals surface area (Å²) in [6.45, 7) is 6.17. The number of aromatic amines is 1. The van der Waals surface area contributed by atoms with Crippen molar-refractivity contribution in [2.24, 2.45) is 0 Å². The molecule has 1 fully saturated rings. The van der Waals surface area contributed by atoms with Crippen LogP contribution >= 0.6 is 0 Å². The van der Waals surface area contributed by atoms with Crippen LogP contribution in [0.25, 0.3) is 22.4 Å². The van der Waals surface area contributed by atoms with Crippen molar-refractivity contribution in [1.82, 2.24) is 25.5 Å². The van der Waals surface area contributed by atoms with Gasteiger partial charge in [-0.1, -0.05) is 0 Å². The number of hydrogen-bond acceptors (Lipinski definition) is 5. The average molecular weight is 378 g/mol. The molecule has 0 unspecified atom stereocenters. The maximum atomic E-state index is 13.6. The zero-order chi connectivity index (χ0) is 19.2. The Morgan fingerprint density at radius 1 is 1.22 bits per heavy atom. The van der Waals surface area contributed by atoms with Gasteiger partial charge in [0.15, 0.2) is 5.65 Å². The van der Waals surface area contributed by atoms with Crippen molar-refractivity contribution in [2.75, 3.05) is 24.5 Å². The van der Waals surface area contributed by atoms with Crippen LogP contribution in [0.4, 0.5) is 19.0 Å². The molecule has 9 heteroatoms. The van der Waals surface area contributed by atoms with Gasteiger partial charge in [0, 0.05) is 38.2 Å². The van der Waals surface area contributed by atoms with Crippen LogP contribution in [0.1, 0.15) is 20.8 Å². The van der Waals surface area contributed by atoms with Gasteiger partial charge >= 0.3 is 6.18 Å². The molecule has 144 valence electrons. The van der Waals surface area contributed by atoms with Crippen molar-refractivity contribution in [3.05, 3.63) is 36.0 Å². The minimum absolute atomic E-state index is 0. The number of anilines is 1. The quantitative estimate of drug-likeness (QED) is 0.715. The Kier molecular flexibility index (Phi) is 4.06. The Morgan fingerprint density at radius 2 is 2.04 bits per heavy atom. The van der Waals surface area contributed by atoms with Crippen LogP contribution in [0, 0.1) is 0 Å². The van der Waals surface area contributed by atoms with Crippen molar-refractivity contribution in [1.29, 1.82) is 0 Å². The molecule has 0 aromatic carbocycles. The fourth-order valence-electron chi connectivity index (χ4n) is 3.41. The Bertz CT molecular complexity index is 985.